The maximum absolute atomic E-state index is 12.3. The van der Waals surface area contributed by atoms with E-state index in [0.29, 0.717) is 31.4 Å². The van der Waals surface area contributed by atoms with E-state index in [4.69, 9.17) is 4.74 Å². The van der Waals surface area contributed by atoms with Gasteiger partial charge in [-0.15, -0.1) is 0 Å². The van der Waals surface area contributed by atoms with Gasteiger partial charge in [-0.2, -0.15) is 5.10 Å². The molecule has 3 rings (SSSR count). The molecule has 2 fully saturated rings. The van der Waals surface area contributed by atoms with Crippen molar-refractivity contribution in [3.63, 3.8) is 0 Å². The molecule has 1 N–H and O–H groups in total. The van der Waals surface area contributed by atoms with Gasteiger partial charge in [0.2, 0.25) is 0 Å². The molecule has 1 amide bonds. The van der Waals surface area contributed by atoms with E-state index in [1.165, 1.54) is 12.8 Å². The third-order valence-corrected chi connectivity index (χ3v) is 3.46. The lowest BCUT2D eigenvalue weighted by molar-refractivity contribution is 0.00327. The van der Waals surface area contributed by atoms with Gasteiger partial charge in [0.1, 0.15) is 5.69 Å². The van der Waals surface area contributed by atoms with E-state index in [1.54, 1.807) is 0 Å². The number of aromatic nitrogens is 2. The summed E-state index contributed by atoms with van der Waals surface area (Å²) < 4.78 is 5.33. The van der Waals surface area contributed by atoms with E-state index in [2.05, 4.69) is 10.2 Å². The van der Waals surface area contributed by atoms with Crippen LogP contribution in [0.1, 0.15) is 41.9 Å². The fourth-order valence-electron chi connectivity index (χ4n) is 2.23. The molecule has 0 aromatic carbocycles. The smallest absolute Gasteiger partial charge is 0.274 e. The summed E-state index contributed by atoms with van der Waals surface area (Å²) in [6.07, 6.45) is 2.42. The molecule has 1 aliphatic heterocycles. The number of ether oxygens (including phenoxy) is 1. The van der Waals surface area contributed by atoms with Crippen molar-refractivity contribution in [1.82, 2.24) is 15.1 Å². The minimum atomic E-state index is 0.0175. The molecular formula is C12H17N3O2. The van der Waals surface area contributed by atoms with Crippen LogP contribution in [-0.2, 0) is 4.74 Å². The predicted molar refractivity (Wildman–Crippen MR) is 61.9 cm³/mol. The molecule has 0 unspecified atom stereocenters. The number of nitrogens with one attached hydrogen (secondary N) is 1. The highest BCUT2D eigenvalue weighted by molar-refractivity contribution is 5.92. The van der Waals surface area contributed by atoms with E-state index in [1.807, 2.05) is 17.9 Å². The molecule has 1 aromatic heterocycles. The number of amides is 1. The number of hydrogen-bond acceptors (Lipinski definition) is 3. The van der Waals surface area contributed by atoms with Crippen LogP contribution in [0.2, 0.25) is 0 Å². The minimum absolute atomic E-state index is 0.0175. The highest BCUT2D eigenvalue weighted by atomic mass is 16.5. The molecule has 1 saturated heterocycles. The number of H-pyrrole nitrogens is 1. The quantitative estimate of drug-likeness (QED) is 0.836. The van der Waals surface area contributed by atoms with Crippen molar-refractivity contribution in [2.24, 2.45) is 0 Å². The van der Waals surface area contributed by atoms with Gasteiger partial charge in [0.25, 0.3) is 5.91 Å². The summed E-state index contributed by atoms with van der Waals surface area (Å²) in [6.45, 7) is 3.90. The fourth-order valence-corrected chi connectivity index (χ4v) is 2.23. The molecule has 17 heavy (non-hydrogen) atoms. The average molecular weight is 235 g/mol. The van der Waals surface area contributed by atoms with E-state index < -0.39 is 0 Å². The Balaban J connectivity index is 1.75. The first-order valence-corrected chi connectivity index (χ1v) is 6.19. The number of nitrogens with zero attached hydrogens (tertiary/aromatic N) is 2. The fraction of sp³-hybridized carbons (Fsp3) is 0.667. The van der Waals surface area contributed by atoms with Crippen LogP contribution in [0.4, 0.5) is 0 Å². The first-order valence-electron chi connectivity index (χ1n) is 6.19. The van der Waals surface area contributed by atoms with Crippen molar-refractivity contribution >= 4 is 5.91 Å². The predicted octanol–water partition coefficient (Wildman–Crippen LogP) is 1.15. The largest absolute Gasteiger partial charge is 0.377 e. The molecular weight excluding hydrogens is 218 g/mol. The molecule has 5 heteroatoms. The molecule has 1 aromatic rings. The van der Waals surface area contributed by atoms with Crippen molar-refractivity contribution < 1.29 is 9.53 Å². The monoisotopic (exact) mass is 235 g/mol. The summed E-state index contributed by atoms with van der Waals surface area (Å²) in [5.74, 6) is 0.620. The lowest BCUT2D eigenvalue weighted by Crippen LogP contribution is -2.47. The highest BCUT2D eigenvalue weighted by Crippen LogP contribution is 2.39. The Morgan fingerprint density at radius 3 is 3.12 bits per heavy atom. The molecule has 2 heterocycles. The van der Waals surface area contributed by atoms with Gasteiger partial charge in [-0.25, -0.2) is 0 Å². The maximum atomic E-state index is 12.3. The molecule has 2 aliphatic rings. The molecule has 1 atom stereocenters. The van der Waals surface area contributed by atoms with Gasteiger partial charge in [0.05, 0.1) is 19.3 Å². The van der Waals surface area contributed by atoms with Gasteiger partial charge >= 0.3 is 0 Å². The van der Waals surface area contributed by atoms with E-state index in [9.17, 15) is 4.79 Å². The highest BCUT2D eigenvalue weighted by Gasteiger charge is 2.29. The Hall–Kier alpha value is -1.36. The third kappa shape index (κ3) is 2.07. The summed E-state index contributed by atoms with van der Waals surface area (Å²) in [5.41, 5.74) is 1.65. The normalized spacial score (nSPS) is 25.0. The van der Waals surface area contributed by atoms with Gasteiger partial charge in [0.15, 0.2) is 0 Å². The van der Waals surface area contributed by atoms with Crippen LogP contribution in [0.15, 0.2) is 6.07 Å². The summed E-state index contributed by atoms with van der Waals surface area (Å²) in [4.78, 5) is 14.1. The molecule has 0 radical (unpaired) electrons. The Kier molecular flexibility index (Phi) is 2.63. The zero-order chi connectivity index (χ0) is 11.8. The topological polar surface area (TPSA) is 58.2 Å². The van der Waals surface area contributed by atoms with E-state index >= 15 is 0 Å². The first-order chi connectivity index (χ1) is 8.25. The van der Waals surface area contributed by atoms with Gasteiger partial charge in [-0.1, -0.05) is 0 Å². The van der Waals surface area contributed by atoms with Crippen LogP contribution in [0.3, 0.4) is 0 Å². The van der Waals surface area contributed by atoms with Gasteiger partial charge in [0, 0.05) is 18.2 Å². The minimum Gasteiger partial charge on any atom is -0.377 e. The van der Waals surface area contributed by atoms with Crippen molar-refractivity contribution in [2.75, 3.05) is 19.8 Å². The van der Waals surface area contributed by atoms with Crippen molar-refractivity contribution in [1.29, 1.82) is 0 Å². The number of rotatable bonds is 2. The Labute approximate surface area is 100 Å². The first kappa shape index (κ1) is 10.8. The van der Waals surface area contributed by atoms with Gasteiger partial charge in [-0.3, -0.25) is 9.89 Å². The van der Waals surface area contributed by atoms with E-state index in [-0.39, 0.29) is 11.9 Å². The molecule has 1 saturated carbocycles. The van der Waals surface area contributed by atoms with Crippen molar-refractivity contribution in [2.45, 2.75) is 31.7 Å². The number of carbonyl (C=O) groups is 1. The SMILES string of the molecule is C[C@@H]1COCCN1C(=O)c1cc(C2CC2)[nH]n1. The molecule has 0 bridgehead atoms. The summed E-state index contributed by atoms with van der Waals surface area (Å²) in [5, 5.41) is 7.10. The van der Waals surface area contributed by atoms with Crippen LogP contribution in [0.25, 0.3) is 0 Å². The molecule has 1 aliphatic carbocycles. The van der Waals surface area contributed by atoms with Crippen LogP contribution >= 0.6 is 0 Å². The zero-order valence-electron chi connectivity index (χ0n) is 9.98. The van der Waals surface area contributed by atoms with Gasteiger partial charge in [-0.05, 0) is 25.8 Å². The lowest BCUT2D eigenvalue weighted by Gasteiger charge is -2.32. The van der Waals surface area contributed by atoms with Crippen LogP contribution in [-0.4, -0.2) is 46.8 Å². The van der Waals surface area contributed by atoms with Crippen LogP contribution in [0, 0.1) is 0 Å². The zero-order valence-corrected chi connectivity index (χ0v) is 9.98. The lowest BCUT2D eigenvalue weighted by atomic mass is 10.2. The Morgan fingerprint density at radius 2 is 2.41 bits per heavy atom. The van der Waals surface area contributed by atoms with Crippen LogP contribution < -0.4 is 0 Å². The Morgan fingerprint density at radius 1 is 1.59 bits per heavy atom. The van der Waals surface area contributed by atoms with Crippen molar-refractivity contribution in [3.05, 3.63) is 17.5 Å². The summed E-state index contributed by atoms with van der Waals surface area (Å²) in [6, 6.07) is 2.04. The average Bonchev–Trinajstić information content (AvgIpc) is 3.07. The number of hydrogen-bond donors (Lipinski definition) is 1. The maximum Gasteiger partial charge on any atom is 0.274 e. The second-order valence-electron chi connectivity index (χ2n) is 4.91. The second-order valence-corrected chi connectivity index (χ2v) is 4.91. The summed E-state index contributed by atoms with van der Waals surface area (Å²) in [7, 11) is 0. The number of carbonyl (C=O) groups excluding carboxylic acids is 1. The standard InChI is InChI=1S/C12H17N3O2/c1-8-7-17-5-4-15(8)12(16)11-6-10(13-14-11)9-2-3-9/h6,8-9H,2-5,7H2,1H3,(H,13,14)/t8-/m1/s1. The number of morpholine rings is 1. The van der Waals surface area contributed by atoms with Crippen LogP contribution in [0.5, 0.6) is 0 Å². The summed E-state index contributed by atoms with van der Waals surface area (Å²) >= 11 is 0. The van der Waals surface area contributed by atoms with Crippen molar-refractivity contribution in [3.8, 4) is 0 Å². The van der Waals surface area contributed by atoms with Gasteiger partial charge < -0.3 is 9.64 Å². The molecule has 92 valence electrons. The Bertz CT molecular complexity index is 425. The molecule has 5 nitrogen and oxygen atoms in total. The number of aromatic amines is 1. The third-order valence-electron chi connectivity index (χ3n) is 3.46. The molecule has 0 spiro atoms. The van der Waals surface area contributed by atoms with E-state index in [0.717, 1.165) is 5.69 Å². The second kappa shape index (κ2) is 4.14.